The fourth-order valence-corrected chi connectivity index (χ4v) is 4.05. The molecule has 2 aromatic rings. The first-order valence-electron chi connectivity index (χ1n) is 6.37. The lowest BCUT2D eigenvalue weighted by molar-refractivity contribution is 0.0950. The number of carbonyl (C=O) groups is 1. The molecule has 0 saturated carbocycles. The Hall–Kier alpha value is -1.13. The highest BCUT2D eigenvalue weighted by atomic mass is 79.9. The molecule has 1 aromatic heterocycles. The van der Waals surface area contributed by atoms with Gasteiger partial charge in [-0.05, 0) is 59.0 Å². The number of amides is 1. The van der Waals surface area contributed by atoms with Crippen LogP contribution in [0.15, 0.2) is 34.8 Å². The number of thiophene rings is 1. The van der Waals surface area contributed by atoms with Crippen LogP contribution < -0.4 is 5.32 Å². The molecular weight excluding hydrogens is 322 g/mol. The quantitative estimate of drug-likeness (QED) is 0.904. The molecule has 0 spiro atoms. The minimum atomic E-state index is -0.0268. The summed E-state index contributed by atoms with van der Waals surface area (Å²) < 4.78 is 0.834. The van der Waals surface area contributed by atoms with Crippen LogP contribution in [0.25, 0.3) is 0 Å². The number of benzene rings is 1. The average molecular weight is 336 g/mol. The Labute approximate surface area is 125 Å². The van der Waals surface area contributed by atoms with Crippen molar-refractivity contribution in [3.8, 4) is 0 Å². The van der Waals surface area contributed by atoms with Gasteiger partial charge in [0, 0.05) is 14.2 Å². The van der Waals surface area contributed by atoms with Crippen LogP contribution in [0.5, 0.6) is 0 Å². The summed E-state index contributed by atoms with van der Waals surface area (Å²) in [6, 6.07) is 9.74. The van der Waals surface area contributed by atoms with Gasteiger partial charge >= 0.3 is 0 Å². The smallest absolute Gasteiger partial charge is 0.252 e. The van der Waals surface area contributed by atoms with Crippen LogP contribution in [0.3, 0.4) is 0 Å². The standard InChI is InChI=1S/C15H14BrNOS/c16-13-6-2-1-5-12(13)15(18)17-9-11-8-10-4-3-7-14(10)19-11/h1-2,5-6,8H,3-4,7,9H2,(H,17,18). The van der Waals surface area contributed by atoms with E-state index in [0.29, 0.717) is 12.1 Å². The van der Waals surface area contributed by atoms with Gasteiger partial charge in [-0.25, -0.2) is 0 Å². The SMILES string of the molecule is O=C(NCc1cc2c(s1)CCC2)c1ccccc1Br. The fraction of sp³-hybridized carbons (Fsp3) is 0.267. The summed E-state index contributed by atoms with van der Waals surface area (Å²) in [5.41, 5.74) is 2.17. The van der Waals surface area contributed by atoms with Gasteiger partial charge in [-0.3, -0.25) is 4.79 Å². The highest BCUT2D eigenvalue weighted by Crippen LogP contribution is 2.30. The molecule has 0 radical (unpaired) electrons. The highest BCUT2D eigenvalue weighted by molar-refractivity contribution is 9.10. The van der Waals surface area contributed by atoms with Crippen LogP contribution in [0, 0.1) is 0 Å². The normalized spacial score (nSPS) is 13.3. The molecule has 2 nitrogen and oxygen atoms in total. The van der Waals surface area contributed by atoms with Crippen molar-refractivity contribution in [2.45, 2.75) is 25.8 Å². The number of carbonyl (C=O) groups excluding carboxylic acids is 1. The van der Waals surface area contributed by atoms with Crippen LogP contribution in [0.2, 0.25) is 0 Å². The van der Waals surface area contributed by atoms with Crippen molar-refractivity contribution in [3.05, 3.63) is 55.7 Å². The van der Waals surface area contributed by atoms with Crippen LogP contribution in [0.4, 0.5) is 0 Å². The van der Waals surface area contributed by atoms with Gasteiger partial charge in [-0.15, -0.1) is 11.3 Å². The molecule has 0 bridgehead atoms. The van der Waals surface area contributed by atoms with E-state index < -0.39 is 0 Å². The lowest BCUT2D eigenvalue weighted by Gasteiger charge is -2.05. The largest absolute Gasteiger partial charge is 0.347 e. The van der Waals surface area contributed by atoms with E-state index in [4.69, 9.17) is 0 Å². The van der Waals surface area contributed by atoms with Crippen molar-refractivity contribution in [1.82, 2.24) is 5.32 Å². The number of fused-ring (bicyclic) bond motifs is 1. The molecule has 1 N–H and O–H groups in total. The zero-order chi connectivity index (χ0) is 13.2. The summed E-state index contributed by atoms with van der Waals surface area (Å²) in [6.07, 6.45) is 3.69. The molecule has 1 amide bonds. The Morgan fingerprint density at radius 3 is 2.95 bits per heavy atom. The van der Waals surface area contributed by atoms with E-state index in [1.807, 2.05) is 35.6 Å². The minimum absolute atomic E-state index is 0.0268. The van der Waals surface area contributed by atoms with Gasteiger partial charge in [-0.2, -0.15) is 0 Å². The lowest BCUT2D eigenvalue weighted by atomic mass is 10.2. The van der Waals surface area contributed by atoms with Gasteiger partial charge in [-0.1, -0.05) is 12.1 Å². The Bertz CT molecular complexity index is 599. The third kappa shape index (κ3) is 2.74. The van der Waals surface area contributed by atoms with Gasteiger partial charge in [0.25, 0.3) is 5.91 Å². The van der Waals surface area contributed by atoms with Gasteiger partial charge in [0.05, 0.1) is 12.1 Å². The molecule has 1 aliphatic carbocycles. The summed E-state index contributed by atoms with van der Waals surface area (Å²) in [7, 11) is 0. The summed E-state index contributed by atoms with van der Waals surface area (Å²) in [6.45, 7) is 0.623. The molecule has 0 aliphatic heterocycles. The molecule has 0 saturated heterocycles. The van der Waals surface area contributed by atoms with E-state index in [1.54, 1.807) is 0 Å². The second kappa shape index (κ2) is 5.47. The Morgan fingerprint density at radius 2 is 2.16 bits per heavy atom. The molecule has 1 aromatic carbocycles. The predicted molar refractivity (Wildman–Crippen MR) is 81.7 cm³/mol. The van der Waals surface area contributed by atoms with E-state index in [1.165, 1.54) is 34.6 Å². The first-order valence-corrected chi connectivity index (χ1v) is 7.98. The summed E-state index contributed by atoms with van der Waals surface area (Å²) in [5, 5.41) is 2.99. The van der Waals surface area contributed by atoms with E-state index >= 15 is 0 Å². The molecule has 3 rings (SSSR count). The first-order chi connectivity index (χ1) is 9.24. The van der Waals surface area contributed by atoms with Crippen molar-refractivity contribution >= 4 is 33.2 Å². The number of hydrogen-bond donors (Lipinski definition) is 1. The van der Waals surface area contributed by atoms with Gasteiger partial charge in [0.15, 0.2) is 0 Å². The molecule has 0 unspecified atom stereocenters. The van der Waals surface area contributed by atoms with Crippen LogP contribution >= 0.6 is 27.3 Å². The van der Waals surface area contributed by atoms with Gasteiger partial charge in [0.1, 0.15) is 0 Å². The number of rotatable bonds is 3. The van der Waals surface area contributed by atoms with Crippen molar-refractivity contribution in [2.24, 2.45) is 0 Å². The maximum absolute atomic E-state index is 12.1. The summed E-state index contributed by atoms with van der Waals surface area (Å²) in [4.78, 5) is 14.8. The Balaban J connectivity index is 1.66. The van der Waals surface area contributed by atoms with Crippen molar-refractivity contribution < 1.29 is 4.79 Å². The molecule has 19 heavy (non-hydrogen) atoms. The molecule has 98 valence electrons. The zero-order valence-electron chi connectivity index (χ0n) is 10.4. The predicted octanol–water partition coefficient (Wildman–Crippen LogP) is 3.93. The summed E-state index contributed by atoms with van der Waals surface area (Å²) in [5.74, 6) is -0.0268. The number of halogens is 1. The number of nitrogens with one attached hydrogen (secondary N) is 1. The average Bonchev–Trinajstić information content (AvgIpc) is 2.97. The maximum atomic E-state index is 12.1. The zero-order valence-corrected chi connectivity index (χ0v) is 12.8. The summed E-state index contributed by atoms with van der Waals surface area (Å²) >= 11 is 5.24. The second-order valence-electron chi connectivity index (χ2n) is 4.68. The number of hydrogen-bond acceptors (Lipinski definition) is 2. The van der Waals surface area contributed by atoms with E-state index in [2.05, 4.69) is 27.3 Å². The second-order valence-corrected chi connectivity index (χ2v) is 6.75. The molecular formula is C15H14BrNOS. The molecule has 1 heterocycles. The van der Waals surface area contributed by atoms with Gasteiger partial charge in [0.2, 0.25) is 0 Å². The van der Waals surface area contributed by atoms with E-state index in [-0.39, 0.29) is 5.91 Å². The minimum Gasteiger partial charge on any atom is -0.347 e. The van der Waals surface area contributed by atoms with Crippen LogP contribution in [-0.4, -0.2) is 5.91 Å². The van der Waals surface area contributed by atoms with Crippen molar-refractivity contribution in [3.63, 3.8) is 0 Å². The first kappa shape index (κ1) is 12.9. The van der Waals surface area contributed by atoms with Gasteiger partial charge < -0.3 is 5.32 Å². The molecule has 4 heteroatoms. The Kier molecular flexibility index (Phi) is 3.71. The van der Waals surface area contributed by atoms with Crippen molar-refractivity contribution in [2.75, 3.05) is 0 Å². The van der Waals surface area contributed by atoms with Crippen molar-refractivity contribution in [1.29, 1.82) is 0 Å². The third-order valence-corrected chi connectivity index (χ3v) is 5.27. The highest BCUT2D eigenvalue weighted by Gasteiger charge is 2.15. The Morgan fingerprint density at radius 1 is 1.32 bits per heavy atom. The van der Waals surface area contributed by atoms with Crippen LogP contribution in [-0.2, 0) is 19.4 Å². The van der Waals surface area contributed by atoms with Crippen LogP contribution in [0.1, 0.15) is 32.1 Å². The molecule has 0 atom stereocenters. The fourth-order valence-electron chi connectivity index (χ4n) is 2.39. The molecule has 1 aliphatic rings. The topological polar surface area (TPSA) is 29.1 Å². The molecule has 0 fully saturated rings. The maximum Gasteiger partial charge on any atom is 0.252 e. The van der Waals surface area contributed by atoms with E-state index in [9.17, 15) is 4.79 Å². The lowest BCUT2D eigenvalue weighted by Crippen LogP contribution is -2.22. The monoisotopic (exact) mass is 335 g/mol. The third-order valence-electron chi connectivity index (χ3n) is 3.34. The van der Waals surface area contributed by atoms with E-state index in [0.717, 1.165) is 4.47 Å². The number of aryl methyl sites for hydroxylation is 2.